The third-order valence-electron chi connectivity index (χ3n) is 4.16. The van der Waals surface area contributed by atoms with Gasteiger partial charge in [-0.05, 0) is 45.2 Å². The van der Waals surface area contributed by atoms with Crippen LogP contribution in [0.15, 0.2) is 24.4 Å². The Kier molecular flexibility index (Phi) is 4.74. The molecule has 1 aromatic carbocycles. The van der Waals surface area contributed by atoms with Crippen LogP contribution in [0.3, 0.4) is 0 Å². The molecule has 3 rings (SSSR count). The van der Waals surface area contributed by atoms with Crippen LogP contribution in [0.1, 0.15) is 43.9 Å². The van der Waals surface area contributed by atoms with E-state index in [0.29, 0.717) is 17.2 Å². The van der Waals surface area contributed by atoms with Crippen molar-refractivity contribution in [1.29, 1.82) is 0 Å². The smallest absolute Gasteiger partial charge is 0.232 e. The number of aryl methyl sites for hydroxylation is 1. The van der Waals surface area contributed by atoms with Gasteiger partial charge in [0.15, 0.2) is 11.5 Å². The lowest BCUT2D eigenvalue weighted by molar-refractivity contribution is -0.117. The standard InChI is InChI=1S/C18H23N3O3/c1-11(2)24-17-9-12(7-8-16(17)23-3)20-18(22)13-5-4-6-15-14(13)10-19-21-15/h7-11,13H,4-6H2,1-3H3,(H,19,21)(H,20,22). The molecule has 0 fully saturated rings. The summed E-state index contributed by atoms with van der Waals surface area (Å²) >= 11 is 0. The molecule has 1 heterocycles. The summed E-state index contributed by atoms with van der Waals surface area (Å²) in [5, 5.41) is 10.0. The van der Waals surface area contributed by atoms with Crippen molar-refractivity contribution in [3.05, 3.63) is 35.7 Å². The number of anilines is 1. The largest absolute Gasteiger partial charge is 0.493 e. The zero-order valence-corrected chi connectivity index (χ0v) is 14.3. The van der Waals surface area contributed by atoms with Crippen LogP contribution in [0.5, 0.6) is 11.5 Å². The fourth-order valence-electron chi connectivity index (χ4n) is 3.06. The molecular formula is C18H23N3O3. The molecule has 0 aliphatic heterocycles. The van der Waals surface area contributed by atoms with Crippen LogP contribution in [0.25, 0.3) is 0 Å². The Balaban J connectivity index is 1.78. The maximum atomic E-state index is 12.7. The van der Waals surface area contributed by atoms with Gasteiger partial charge in [0.1, 0.15) is 0 Å². The lowest BCUT2D eigenvalue weighted by Crippen LogP contribution is -2.24. The summed E-state index contributed by atoms with van der Waals surface area (Å²) in [6.45, 7) is 3.90. The van der Waals surface area contributed by atoms with Gasteiger partial charge >= 0.3 is 0 Å². The number of amides is 1. The van der Waals surface area contributed by atoms with E-state index in [4.69, 9.17) is 9.47 Å². The van der Waals surface area contributed by atoms with Crippen molar-refractivity contribution in [3.8, 4) is 11.5 Å². The topological polar surface area (TPSA) is 76.2 Å². The predicted molar refractivity (Wildman–Crippen MR) is 91.7 cm³/mol. The van der Waals surface area contributed by atoms with Crippen molar-refractivity contribution < 1.29 is 14.3 Å². The number of carbonyl (C=O) groups excluding carboxylic acids is 1. The van der Waals surface area contributed by atoms with E-state index in [-0.39, 0.29) is 17.9 Å². The van der Waals surface area contributed by atoms with Crippen molar-refractivity contribution in [2.45, 2.75) is 45.1 Å². The average molecular weight is 329 g/mol. The number of fused-ring (bicyclic) bond motifs is 1. The van der Waals surface area contributed by atoms with Crippen molar-refractivity contribution in [2.75, 3.05) is 12.4 Å². The molecule has 1 amide bonds. The van der Waals surface area contributed by atoms with Crippen LogP contribution in [0.4, 0.5) is 5.69 Å². The van der Waals surface area contributed by atoms with Gasteiger partial charge in [-0.25, -0.2) is 0 Å². The van der Waals surface area contributed by atoms with Gasteiger partial charge in [-0.15, -0.1) is 0 Å². The molecule has 1 unspecified atom stereocenters. The van der Waals surface area contributed by atoms with E-state index >= 15 is 0 Å². The van der Waals surface area contributed by atoms with Crippen LogP contribution in [0, 0.1) is 0 Å². The number of nitrogens with one attached hydrogen (secondary N) is 2. The number of methoxy groups -OCH3 is 1. The molecule has 1 aromatic heterocycles. The van der Waals surface area contributed by atoms with Crippen molar-refractivity contribution in [2.24, 2.45) is 0 Å². The molecule has 0 bridgehead atoms. The summed E-state index contributed by atoms with van der Waals surface area (Å²) in [7, 11) is 1.60. The highest BCUT2D eigenvalue weighted by atomic mass is 16.5. The zero-order valence-electron chi connectivity index (χ0n) is 14.3. The predicted octanol–water partition coefficient (Wildman–Crippen LogP) is 3.26. The number of carbonyl (C=O) groups is 1. The highest BCUT2D eigenvalue weighted by molar-refractivity contribution is 5.96. The maximum absolute atomic E-state index is 12.7. The van der Waals surface area contributed by atoms with Gasteiger partial charge < -0.3 is 14.8 Å². The molecule has 1 aliphatic carbocycles. The number of H-pyrrole nitrogens is 1. The van der Waals surface area contributed by atoms with E-state index in [0.717, 1.165) is 30.5 Å². The van der Waals surface area contributed by atoms with Gasteiger partial charge in [-0.3, -0.25) is 9.89 Å². The number of aromatic amines is 1. The third-order valence-corrected chi connectivity index (χ3v) is 4.16. The summed E-state index contributed by atoms with van der Waals surface area (Å²) < 4.78 is 11.1. The Hall–Kier alpha value is -2.50. The van der Waals surface area contributed by atoms with Crippen LogP contribution in [-0.2, 0) is 11.2 Å². The van der Waals surface area contributed by atoms with E-state index in [9.17, 15) is 4.79 Å². The summed E-state index contributed by atoms with van der Waals surface area (Å²) in [5.74, 6) is 1.09. The highest BCUT2D eigenvalue weighted by Gasteiger charge is 2.28. The number of rotatable bonds is 5. The molecule has 0 spiro atoms. The first-order valence-corrected chi connectivity index (χ1v) is 8.26. The molecule has 2 N–H and O–H groups in total. The molecule has 24 heavy (non-hydrogen) atoms. The first-order chi connectivity index (χ1) is 11.6. The van der Waals surface area contributed by atoms with E-state index in [1.807, 2.05) is 19.9 Å². The first-order valence-electron chi connectivity index (χ1n) is 8.26. The number of ether oxygens (including phenoxy) is 2. The zero-order chi connectivity index (χ0) is 17.1. The van der Waals surface area contributed by atoms with Crippen molar-refractivity contribution in [3.63, 3.8) is 0 Å². The minimum absolute atomic E-state index is 0.0157. The molecule has 6 heteroatoms. The molecule has 1 atom stereocenters. The maximum Gasteiger partial charge on any atom is 0.232 e. The lowest BCUT2D eigenvalue weighted by Gasteiger charge is -2.21. The van der Waals surface area contributed by atoms with Gasteiger partial charge in [-0.2, -0.15) is 5.10 Å². The van der Waals surface area contributed by atoms with Gasteiger partial charge in [0.2, 0.25) is 5.91 Å². The van der Waals surface area contributed by atoms with E-state index < -0.39 is 0 Å². The molecule has 128 valence electrons. The monoisotopic (exact) mass is 329 g/mol. The lowest BCUT2D eigenvalue weighted by atomic mass is 9.86. The number of nitrogens with zero attached hydrogens (tertiary/aromatic N) is 1. The van der Waals surface area contributed by atoms with E-state index in [2.05, 4.69) is 15.5 Å². The second-order valence-electron chi connectivity index (χ2n) is 6.27. The molecule has 6 nitrogen and oxygen atoms in total. The Morgan fingerprint density at radius 3 is 2.96 bits per heavy atom. The molecule has 1 aliphatic rings. The number of benzene rings is 1. The second-order valence-corrected chi connectivity index (χ2v) is 6.27. The number of aromatic nitrogens is 2. The normalized spacial score (nSPS) is 16.6. The van der Waals surface area contributed by atoms with Gasteiger partial charge in [0.05, 0.1) is 25.3 Å². The summed E-state index contributed by atoms with van der Waals surface area (Å²) in [4.78, 5) is 12.7. The first kappa shape index (κ1) is 16.4. The summed E-state index contributed by atoms with van der Waals surface area (Å²) in [6, 6.07) is 5.43. The minimum Gasteiger partial charge on any atom is -0.493 e. The fraction of sp³-hybridized carbons (Fsp3) is 0.444. The molecule has 2 aromatic rings. The summed E-state index contributed by atoms with van der Waals surface area (Å²) in [5.41, 5.74) is 2.78. The molecular weight excluding hydrogens is 306 g/mol. The van der Waals surface area contributed by atoms with Crippen LogP contribution < -0.4 is 14.8 Å². The minimum atomic E-state index is -0.163. The number of hydrogen-bond acceptors (Lipinski definition) is 4. The Labute approximate surface area is 141 Å². The number of hydrogen-bond donors (Lipinski definition) is 2. The van der Waals surface area contributed by atoms with Crippen LogP contribution in [-0.4, -0.2) is 29.3 Å². The van der Waals surface area contributed by atoms with Crippen LogP contribution in [0.2, 0.25) is 0 Å². The molecule has 0 radical (unpaired) electrons. The third kappa shape index (κ3) is 3.37. The van der Waals surface area contributed by atoms with Crippen molar-refractivity contribution in [1.82, 2.24) is 10.2 Å². The SMILES string of the molecule is COc1ccc(NC(=O)C2CCCc3[nH]ncc32)cc1OC(C)C. The average Bonchev–Trinajstić information content (AvgIpc) is 3.03. The van der Waals surface area contributed by atoms with Crippen molar-refractivity contribution >= 4 is 11.6 Å². The highest BCUT2D eigenvalue weighted by Crippen LogP contribution is 2.34. The summed E-state index contributed by atoms with van der Waals surface area (Å²) in [6.07, 6.45) is 4.56. The van der Waals surface area contributed by atoms with E-state index in [1.165, 1.54) is 0 Å². The Morgan fingerprint density at radius 1 is 1.38 bits per heavy atom. The molecule has 0 saturated carbocycles. The van der Waals surface area contributed by atoms with Gasteiger partial charge in [0, 0.05) is 23.0 Å². The van der Waals surface area contributed by atoms with Gasteiger partial charge in [-0.1, -0.05) is 0 Å². The molecule has 0 saturated heterocycles. The van der Waals surface area contributed by atoms with E-state index in [1.54, 1.807) is 25.4 Å². The Morgan fingerprint density at radius 2 is 2.21 bits per heavy atom. The fourth-order valence-corrected chi connectivity index (χ4v) is 3.06. The van der Waals surface area contributed by atoms with Crippen LogP contribution >= 0.6 is 0 Å². The Bertz CT molecular complexity index is 724. The quantitative estimate of drug-likeness (QED) is 0.883. The van der Waals surface area contributed by atoms with Gasteiger partial charge in [0.25, 0.3) is 0 Å². The second kappa shape index (κ2) is 6.95.